The molecule has 1 aliphatic rings. The quantitative estimate of drug-likeness (QED) is 0.825. The number of rotatable bonds is 3. The summed E-state index contributed by atoms with van der Waals surface area (Å²) in [6.07, 6.45) is 3.01. The maximum atomic E-state index is 12.0. The molecule has 1 aromatic rings. The normalized spacial score (nSPS) is 13.9. The molecule has 8 nitrogen and oxygen atoms in total. The average molecular weight is 325 g/mol. The smallest absolute Gasteiger partial charge is 0.415 e. The van der Waals surface area contributed by atoms with Crippen LogP contribution in [-0.2, 0) is 4.74 Å². The average Bonchev–Trinajstić information content (AvgIpc) is 3.01. The first-order chi connectivity index (χ1) is 10.5. The number of alkyl carbamates (subject to hydrolysis) is 1. The molecule has 0 aromatic carbocycles. The number of carbonyl (C=O) groups excluding carboxylic acids is 2. The number of imide groups is 1. The molecule has 2 heterocycles. The van der Waals surface area contributed by atoms with Gasteiger partial charge in [0.15, 0.2) is 5.82 Å². The summed E-state index contributed by atoms with van der Waals surface area (Å²) < 4.78 is 5.64. The zero-order chi connectivity index (χ0) is 16.1. The third-order valence-electron chi connectivity index (χ3n) is 3.20. The Hall–Kier alpha value is -2.03. The summed E-state index contributed by atoms with van der Waals surface area (Å²) in [6, 6.07) is -0.726. The Bertz CT molecular complexity index is 563. The molecule has 0 bridgehead atoms. The number of aromatic nitrogens is 2. The number of thiol groups is 1. The highest BCUT2D eigenvalue weighted by Crippen LogP contribution is 2.23. The number of carbonyl (C=O) groups is 2. The van der Waals surface area contributed by atoms with Crippen LogP contribution >= 0.6 is 12.8 Å². The third kappa shape index (κ3) is 3.79. The van der Waals surface area contributed by atoms with Crippen molar-refractivity contribution in [3.63, 3.8) is 0 Å². The van der Waals surface area contributed by atoms with E-state index in [-0.39, 0.29) is 6.61 Å². The monoisotopic (exact) mass is 325 g/mol. The number of urea groups is 1. The van der Waals surface area contributed by atoms with E-state index in [4.69, 9.17) is 0 Å². The van der Waals surface area contributed by atoms with E-state index >= 15 is 0 Å². The summed E-state index contributed by atoms with van der Waals surface area (Å²) in [6.45, 7) is 5.38. The highest BCUT2D eigenvalue weighted by atomic mass is 32.1. The fraction of sp³-hybridized carbons (Fsp3) is 0.538. The van der Waals surface area contributed by atoms with Crippen LogP contribution in [0.15, 0.2) is 6.20 Å². The molecule has 3 amide bonds. The highest BCUT2D eigenvalue weighted by Gasteiger charge is 2.22. The van der Waals surface area contributed by atoms with Crippen LogP contribution in [0.1, 0.15) is 25.3 Å². The molecule has 22 heavy (non-hydrogen) atoms. The molecule has 1 fully saturated rings. The van der Waals surface area contributed by atoms with Gasteiger partial charge in [-0.2, -0.15) is 4.98 Å². The van der Waals surface area contributed by atoms with Gasteiger partial charge in [0.1, 0.15) is 0 Å². The van der Waals surface area contributed by atoms with Gasteiger partial charge in [0.2, 0.25) is 5.95 Å². The summed E-state index contributed by atoms with van der Waals surface area (Å²) in [4.78, 5) is 34.0. The lowest BCUT2D eigenvalue weighted by atomic mass is 10.3. The zero-order valence-corrected chi connectivity index (χ0v) is 13.5. The summed E-state index contributed by atoms with van der Waals surface area (Å²) >= 11 is 4.12. The molecule has 1 aliphatic heterocycles. The number of amides is 3. The molecule has 0 saturated carbocycles. The second-order valence-electron chi connectivity index (χ2n) is 4.83. The first kappa shape index (κ1) is 16.3. The van der Waals surface area contributed by atoms with E-state index in [0.29, 0.717) is 17.3 Å². The van der Waals surface area contributed by atoms with Crippen LogP contribution in [-0.4, -0.2) is 41.8 Å². The molecule has 0 unspecified atom stereocenters. The molecule has 2 rings (SSSR count). The van der Waals surface area contributed by atoms with Crippen LogP contribution < -0.4 is 14.5 Å². The van der Waals surface area contributed by atoms with Crippen molar-refractivity contribution in [2.45, 2.75) is 26.7 Å². The summed E-state index contributed by atoms with van der Waals surface area (Å²) in [5, 5.41) is 2.07. The van der Waals surface area contributed by atoms with Gasteiger partial charge >= 0.3 is 12.1 Å². The molecular weight excluding hydrogens is 306 g/mol. The minimum Gasteiger partial charge on any atom is -0.450 e. The first-order valence-electron chi connectivity index (χ1n) is 7.08. The van der Waals surface area contributed by atoms with E-state index in [1.807, 2.05) is 4.90 Å². The second-order valence-corrected chi connectivity index (χ2v) is 5.23. The van der Waals surface area contributed by atoms with Crippen molar-refractivity contribution in [3.05, 3.63) is 11.8 Å². The number of aryl methyl sites for hydroxylation is 1. The van der Waals surface area contributed by atoms with Gasteiger partial charge < -0.3 is 9.64 Å². The fourth-order valence-electron chi connectivity index (χ4n) is 2.11. The summed E-state index contributed by atoms with van der Waals surface area (Å²) in [5.74, 6) is 0.892. The molecule has 0 spiro atoms. The van der Waals surface area contributed by atoms with Gasteiger partial charge in [-0.05, 0) is 26.7 Å². The lowest BCUT2D eigenvalue weighted by molar-refractivity contribution is 0.154. The molecule has 0 radical (unpaired) electrons. The molecule has 120 valence electrons. The first-order valence-corrected chi connectivity index (χ1v) is 7.48. The van der Waals surface area contributed by atoms with Gasteiger partial charge in [-0.25, -0.2) is 24.2 Å². The van der Waals surface area contributed by atoms with E-state index in [1.165, 1.54) is 0 Å². The van der Waals surface area contributed by atoms with E-state index in [1.54, 1.807) is 20.0 Å². The van der Waals surface area contributed by atoms with Crippen LogP contribution in [0, 0.1) is 6.92 Å². The Balaban J connectivity index is 2.13. The van der Waals surface area contributed by atoms with E-state index in [0.717, 1.165) is 30.2 Å². The van der Waals surface area contributed by atoms with Crippen molar-refractivity contribution in [2.24, 2.45) is 0 Å². The van der Waals surface area contributed by atoms with Crippen LogP contribution in [0.3, 0.4) is 0 Å². The molecule has 1 saturated heterocycles. The van der Waals surface area contributed by atoms with E-state index in [2.05, 4.69) is 32.8 Å². The zero-order valence-electron chi connectivity index (χ0n) is 12.6. The molecular formula is C13H19N5O3S. The molecule has 9 heteroatoms. The molecule has 1 aromatic heterocycles. The maximum Gasteiger partial charge on any atom is 0.415 e. The number of anilines is 2. The Morgan fingerprint density at radius 2 is 2.14 bits per heavy atom. The SMILES string of the molecule is CCOC(=O)NC(=O)N(S)c1nc(N2CCCC2)ncc1C. The number of hydrogen-bond donors (Lipinski definition) is 2. The van der Waals surface area contributed by atoms with Crippen LogP contribution in [0.25, 0.3) is 0 Å². The fourth-order valence-corrected chi connectivity index (χ4v) is 2.36. The van der Waals surface area contributed by atoms with Crippen molar-refractivity contribution in [2.75, 3.05) is 28.9 Å². The molecule has 0 aliphatic carbocycles. The van der Waals surface area contributed by atoms with Crippen molar-refractivity contribution in [1.29, 1.82) is 0 Å². The van der Waals surface area contributed by atoms with Gasteiger partial charge in [0.25, 0.3) is 0 Å². The topological polar surface area (TPSA) is 87.7 Å². The van der Waals surface area contributed by atoms with Gasteiger partial charge in [-0.1, -0.05) is 12.8 Å². The number of nitrogens with one attached hydrogen (secondary N) is 1. The minimum atomic E-state index is -0.821. The predicted molar refractivity (Wildman–Crippen MR) is 85.2 cm³/mol. The third-order valence-corrected chi connectivity index (χ3v) is 3.57. The number of nitrogens with zero attached hydrogens (tertiary/aromatic N) is 4. The number of ether oxygens (including phenoxy) is 1. The Labute approximate surface area is 134 Å². The summed E-state index contributed by atoms with van der Waals surface area (Å²) in [5.41, 5.74) is 0.678. The molecule has 0 atom stereocenters. The minimum absolute atomic E-state index is 0.178. The van der Waals surface area contributed by atoms with Crippen molar-refractivity contribution < 1.29 is 14.3 Å². The Morgan fingerprint density at radius 3 is 2.77 bits per heavy atom. The standard InChI is InChI=1S/C13H19N5O3S/c1-3-21-13(20)16-12(19)18(22)10-9(2)8-14-11(15-10)17-6-4-5-7-17/h8,22H,3-7H2,1-2H3,(H,16,19,20). The van der Waals surface area contributed by atoms with Gasteiger partial charge in [-0.15, -0.1) is 0 Å². The van der Waals surface area contributed by atoms with Crippen molar-refractivity contribution >= 4 is 36.7 Å². The largest absolute Gasteiger partial charge is 0.450 e. The molecule has 1 N–H and O–H groups in total. The van der Waals surface area contributed by atoms with Crippen LogP contribution in [0.4, 0.5) is 21.4 Å². The van der Waals surface area contributed by atoms with Crippen molar-refractivity contribution in [1.82, 2.24) is 15.3 Å². The maximum absolute atomic E-state index is 12.0. The van der Waals surface area contributed by atoms with E-state index in [9.17, 15) is 9.59 Å². The Kier molecular flexibility index (Phi) is 5.42. The summed E-state index contributed by atoms with van der Waals surface area (Å²) in [7, 11) is 0. The van der Waals surface area contributed by atoms with Gasteiger partial charge in [-0.3, -0.25) is 0 Å². The van der Waals surface area contributed by atoms with Gasteiger partial charge in [0, 0.05) is 24.8 Å². The van der Waals surface area contributed by atoms with Crippen LogP contribution in [0.5, 0.6) is 0 Å². The highest BCUT2D eigenvalue weighted by molar-refractivity contribution is 7.82. The lowest BCUT2D eigenvalue weighted by Gasteiger charge is -2.20. The number of hydrogen-bond acceptors (Lipinski definition) is 7. The lowest BCUT2D eigenvalue weighted by Crippen LogP contribution is -2.39. The predicted octanol–water partition coefficient (Wildman–Crippen LogP) is 1.90. The Morgan fingerprint density at radius 1 is 1.45 bits per heavy atom. The van der Waals surface area contributed by atoms with E-state index < -0.39 is 12.1 Å². The van der Waals surface area contributed by atoms with Crippen molar-refractivity contribution in [3.8, 4) is 0 Å². The second kappa shape index (κ2) is 7.30. The van der Waals surface area contributed by atoms with Crippen LogP contribution in [0.2, 0.25) is 0 Å². The van der Waals surface area contributed by atoms with Gasteiger partial charge in [0.05, 0.1) is 6.61 Å².